The van der Waals surface area contributed by atoms with Crippen LogP contribution in [-0.2, 0) is 10.0 Å². The first-order chi connectivity index (χ1) is 13.3. The second kappa shape index (κ2) is 6.94. The third kappa shape index (κ3) is 3.47. The highest BCUT2D eigenvalue weighted by atomic mass is 32.2. The number of carbonyl (C=O) groups is 1. The molecule has 1 fully saturated rings. The van der Waals surface area contributed by atoms with Crippen molar-refractivity contribution in [2.45, 2.75) is 26.2 Å². The summed E-state index contributed by atoms with van der Waals surface area (Å²) in [6, 6.07) is 11.9. The summed E-state index contributed by atoms with van der Waals surface area (Å²) in [6.45, 7) is 4.48. The van der Waals surface area contributed by atoms with E-state index in [1.165, 1.54) is 4.31 Å². The van der Waals surface area contributed by atoms with Gasteiger partial charge in [-0.15, -0.1) is 0 Å². The molecular formula is C20H21N3O4S. The third-order valence-electron chi connectivity index (χ3n) is 4.67. The number of fused-ring (bicyclic) bond motifs is 1. The molecule has 1 aliphatic rings. The van der Waals surface area contributed by atoms with Crippen LogP contribution in [0.1, 0.15) is 42.4 Å². The van der Waals surface area contributed by atoms with E-state index in [2.05, 4.69) is 10.3 Å². The number of hydrogen-bond donors (Lipinski definition) is 1. The van der Waals surface area contributed by atoms with E-state index in [-0.39, 0.29) is 17.6 Å². The van der Waals surface area contributed by atoms with E-state index in [0.29, 0.717) is 46.9 Å². The number of aromatic nitrogens is 1. The standard InChI is InChI=1S/C20H21N3O4S/c1-13(2)20-22-17-12-15(6-9-18(17)27-20)21-19(24)14-4-7-16(8-5-14)23-10-3-11-28(23,25)26/h4-9,12-13H,3,10-11H2,1-2H3,(H,21,24). The van der Waals surface area contributed by atoms with Crippen molar-refractivity contribution in [3.63, 3.8) is 0 Å². The average Bonchev–Trinajstić information content (AvgIpc) is 3.24. The van der Waals surface area contributed by atoms with Gasteiger partial charge in [-0.25, -0.2) is 13.4 Å². The normalized spacial score (nSPS) is 16.0. The van der Waals surface area contributed by atoms with E-state index in [9.17, 15) is 13.2 Å². The lowest BCUT2D eigenvalue weighted by Gasteiger charge is -2.17. The maximum absolute atomic E-state index is 12.5. The Balaban J connectivity index is 1.51. The van der Waals surface area contributed by atoms with Crippen molar-refractivity contribution in [1.82, 2.24) is 4.98 Å². The van der Waals surface area contributed by atoms with Gasteiger partial charge in [0.2, 0.25) is 10.0 Å². The van der Waals surface area contributed by atoms with Gasteiger partial charge in [-0.2, -0.15) is 0 Å². The summed E-state index contributed by atoms with van der Waals surface area (Å²) in [4.78, 5) is 17.0. The Morgan fingerprint density at radius 2 is 1.93 bits per heavy atom. The molecule has 0 radical (unpaired) electrons. The zero-order valence-corrected chi connectivity index (χ0v) is 16.5. The zero-order chi connectivity index (χ0) is 19.9. The van der Waals surface area contributed by atoms with E-state index in [0.717, 1.165) is 0 Å². The fourth-order valence-corrected chi connectivity index (χ4v) is 4.75. The summed E-state index contributed by atoms with van der Waals surface area (Å²) in [7, 11) is -3.23. The molecule has 0 aliphatic carbocycles. The SMILES string of the molecule is CC(C)c1nc2cc(NC(=O)c3ccc(N4CCCS4(=O)=O)cc3)ccc2o1. The van der Waals surface area contributed by atoms with Crippen LogP contribution in [0.2, 0.25) is 0 Å². The largest absolute Gasteiger partial charge is 0.440 e. The fourth-order valence-electron chi connectivity index (χ4n) is 3.18. The lowest BCUT2D eigenvalue weighted by molar-refractivity contribution is 0.102. The van der Waals surface area contributed by atoms with E-state index >= 15 is 0 Å². The second-order valence-corrected chi connectivity index (χ2v) is 9.14. The first kappa shape index (κ1) is 18.5. The number of hydrogen-bond acceptors (Lipinski definition) is 5. The molecule has 1 aromatic heterocycles. The molecule has 0 bridgehead atoms. The minimum atomic E-state index is -3.23. The third-order valence-corrected chi connectivity index (χ3v) is 6.54. The number of rotatable bonds is 4. The highest BCUT2D eigenvalue weighted by Crippen LogP contribution is 2.26. The molecule has 1 aliphatic heterocycles. The predicted molar refractivity (Wildman–Crippen MR) is 108 cm³/mol. The Kier molecular flexibility index (Phi) is 4.58. The highest BCUT2D eigenvalue weighted by Gasteiger charge is 2.28. The van der Waals surface area contributed by atoms with E-state index < -0.39 is 10.0 Å². The smallest absolute Gasteiger partial charge is 0.255 e. The number of nitrogens with zero attached hydrogens (tertiary/aromatic N) is 2. The Bertz CT molecular complexity index is 1130. The van der Waals surface area contributed by atoms with Crippen LogP contribution < -0.4 is 9.62 Å². The highest BCUT2D eigenvalue weighted by molar-refractivity contribution is 7.93. The molecular weight excluding hydrogens is 378 g/mol. The molecule has 28 heavy (non-hydrogen) atoms. The molecule has 146 valence electrons. The molecule has 8 heteroatoms. The van der Waals surface area contributed by atoms with Crippen LogP contribution in [0, 0.1) is 0 Å². The molecule has 2 heterocycles. The maximum Gasteiger partial charge on any atom is 0.255 e. The molecule has 7 nitrogen and oxygen atoms in total. The van der Waals surface area contributed by atoms with Crippen LogP contribution in [0.5, 0.6) is 0 Å². The number of oxazole rings is 1. The molecule has 4 rings (SSSR count). The molecule has 0 atom stereocenters. The summed E-state index contributed by atoms with van der Waals surface area (Å²) >= 11 is 0. The molecule has 2 aromatic carbocycles. The minimum Gasteiger partial charge on any atom is -0.440 e. The number of carbonyl (C=O) groups excluding carboxylic acids is 1. The lowest BCUT2D eigenvalue weighted by Crippen LogP contribution is -2.25. The van der Waals surface area contributed by atoms with Crippen molar-refractivity contribution in [1.29, 1.82) is 0 Å². The van der Waals surface area contributed by atoms with Gasteiger partial charge in [0.05, 0.1) is 11.4 Å². The van der Waals surface area contributed by atoms with Crippen LogP contribution in [0.15, 0.2) is 46.9 Å². The van der Waals surface area contributed by atoms with Crippen LogP contribution in [0.4, 0.5) is 11.4 Å². The summed E-state index contributed by atoms with van der Waals surface area (Å²) in [5.41, 5.74) is 3.02. The van der Waals surface area contributed by atoms with Crippen molar-refractivity contribution < 1.29 is 17.6 Å². The summed E-state index contributed by atoms with van der Waals surface area (Å²) in [6.07, 6.45) is 0.619. The van der Waals surface area contributed by atoms with E-state index in [1.807, 2.05) is 13.8 Å². The number of amides is 1. The van der Waals surface area contributed by atoms with Crippen LogP contribution in [0.3, 0.4) is 0 Å². The molecule has 3 aromatic rings. The maximum atomic E-state index is 12.5. The van der Waals surface area contributed by atoms with Crippen LogP contribution in [0.25, 0.3) is 11.1 Å². The van der Waals surface area contributed by atoms with Gasteiger partial charge in [-0.3, -0.25) is 9.10 Å². The number of nitrogens with one attached hydrogen (secondary N) is 1. The van der Waals surface area contributed by atoms with Crippen molar-refractivity contribution in [3.05, 3.63) is 53.9 Å². The average molecular weight is 399 g/mol. The van der Waals surface area contributed by atoms with E-state index in [1.54, 1.807) is 42.5 Å². The number of anilines is 2. The van der Waals surface area contributed by atoms with Crippen molar-refractivity contribution in [2.75, 3.05) is 21.9 Å². The van der Waals surface area contributed by atoms with Gasteiger partial charge in [-0.1, -0.05) is 13.8 Å². The fraction of sp³-hybridized carbons (Fsp3) is 0.300. The van der Waals surface area contributed by atoms with Gasteiger partial charge in [0.1, 0.15) is 5.52 Å². The number of benzene rings is 2. The molecule has 1 N–H and O–H groups in total. The molecule has 1 saturated heterocycles. The summed E-state index contributed by atoms with van der Waals surface area (Å²) in [5.74, 6) is 0.732. The first-order valence-electron chi connectivity index (χ1n) is 9.16. The van der Waals surface area contributed by atoms with Crippen LogP contribution in [-0.4, -0.2) is 31.6 Å². The Morgan fingerprint density at radius 1 is 1.18 bits per heavy atom. The van der Waals surface area contributed by atoms with Gasteiger partial charge in [-0.05, 0) is 48.9 Å². The van der Waals surface area contributed by atoms with Crippen molar-refractivity contribution >= 4 is 38.4 Å². The number of sulfonamides is 1. The first-order valence-corrected chi connectivity index (χ1v) is 10.8. The van der Waals surface area contributed by atoms with Crippen molar-refractivity contribution in [3.8, 4) is 0 Å². The van der Waals surface area contributed by atoms with Crippen LogP contribution >= 0.6 is 0 Å². The Hall–Kier alpha value is -2.87. The summed E-state index contributed by atoms with van der Waals surface area (Å²) in [5, 5.41) is 2.84. The van der Waals surface area contributed by atoms with E-state index in [4.69, 9.17) is 4.42 Å². The molecule has 0 unspecified atom stereocenters. The topological polar surface area (TPSA) is 92.5 Å². The van der Waals surface area contributed by atoms with Gasteiger partial charge in [0.25, 0.3) is 5.91 Å². The summed E-state index contributed by atoms with van der Waals surface area (Å²) < 4.78 is 31.1. The second-order valence-electron chi connectivity index (χ2n) is 7.13. The van der Waals surface area contributed by atoms with Gasteiger partial charge < -0.3 is 9.73 Å². The molecule has 0 spiro atoms. The van der Waals surface area contributed by atoms with Gasteiger partial charge >= 0.3 is 0 Å². The minimum absolute atomic E-state index is 0.165. The van der Waals surface area contributed by atoms with Gasteiger partial charge in [0.15, 0.2) is 11.5 Å². The Morgan fingerprint density at radius 3 is 2.57 bits per heavy atom. The predicted octanol–water partition coefficient (Wildman–Crippen LogP) is 3.74. The quantitative estimate of drug-likeness (QED) is 0.721. The van der Waals surface area contributed by atoms with Gasteiger partial charge in [0, 0.05) is 23.7 Å². The Labute approximate surface area is 163 Å². The molecule has 0 saturated carbocycles. The zero-order valence-electron chi connectivity index (χ0n) is 15.7. The monoisotopic (exact) mass is 399 g/mol. The molecule has 1 amide bonds. The van der Waals surface area contributed by atoms with Crippen molar-refractivity contribution in [2.24, 2.45) is 0 Å². The lowest BCUT2D eigenvalue weighted by atomic mass is 10.2.